The predicted octanol–water partition coefficient (Wildman–Crippen LogP) is 0.281. The minimum absolute atomic E-state index is 0.236. The molecule has 0 spiro atoms. The molecule has 13 heavy (non-hydrogen) atoms. The Morgan fingerprint density at radius 3 is 3.08 bits per heavy atom. The first-order valence-electron chi connectivity index (χ1n) is 5.00. The van der Waals surface area contributed by atoms with E-state index in [1.54, 1.807) is 0 Å². The Morgan fingerprint density at radius 2 is 2.54 bits per heavy atom. The van der Waals surface area contributed by atoms with Gasteiger partial charge < -0.3 is 9.47 Å². The van der Waals surface area contributed by atoms with Crippen molar-refractivity contribution in [3.05, 3.63) is 0 Å². The molecule has 1 aliphatic rings. The molecule has 3 N–H and O–H groups in total. The number of nitrogens with two attached hydrogens (primary N) is 1. The van der Waals surface area contributed by atoms with E-state index >= 15 is 0 Å². The van der Waals surface area contributed by atoms with Crippen molar-refractivity contribution in [1.29, 1.82) is 0 Å². The largest absolute Gasteiger partial charge is 0.381 e. The van der Waals surface area contributed by atoms with Gasteiger partial charge in [0.25, 0.3) is 0 Å². The van der Waals surface area contributed by atoms with Crippen molar-refractivity contribution in [2.24, 2.45) is 11.8 Å². The van der Waals surface area contributed by atoms with Gasteiger partial charge in [-0.2, -0.15) is 0 Å². The lowest BCUT2D eigenvalue weighted by Crippen LogP contribution is -2.46. The second kappa shape index (κ2) is 6.32. The van der Waals surface area contributed by atoms with E-state index in [1.807, 2.05) is 6.92 Å². The lowest BCUT2D eigenvalue weighted by Gasteiger charge is -2.29. The summed E-state index contributed by atoms with van der Waals surface area (Å²) < 4.78 is 10.7. The van der Waals surface area contributed by atoms with Crippen LogP contribution in [0.15, 0.2) is 0 Å². The molecule has 1 aliphatic heterocycles. The second-order valence-electron chi connectivity index (χ2n) is 3.41. The Bertz CT molecular complexity index is 127. The SMILES string of the molecule is CCOCC(NN)C1CCCOC1. The van der Waals surface area contributed by atoms with Crippen LogP contribution in [0, 0.1) is 5.92 Å². The molecular formula is C9H20N2O2. The van der Waals surface area contributed by atoms with Crippen molar-refractivity contribution in [3.63, 3.8) is 0 Å². The summed E-state index contributed by atoms with van der Waals surface area (Å²) in [5, 5.41) is 0. The molecule has 78 valence electrons. The molecule has 4 nitrogen and oxygen atoms in total. The normalized spacial score (nSPS) is 25.8. The highest BCUT2D eigenvalue weighted by molar-refractivity contribution is 4.76. The molecule has 0 saturated carbocycles. The average molecular weight is 188 g/mol. The van der Waals surface area contributed by atoms with Gasteiger partial charge in [0.05, 0.1) is 13.2 Å². The van der Waals surface area contributed by atoms with E-state index in [9.17, 15) is 0 Å². The van der Waals surface area contributed by atoms with E-state index in [1.165, 1.54) is 6.42 Å². The number of hydrogen-bond donors (Lipinski definition) is 2. The molecule has 0 amide bonds. The summed E-state index contributed by atoms with van der Waals surface area (Å²) in [7, 11) is 0. The maximum absolute atomic E-state index is 5.46. The monoisotopic (exact) mass is 188 g/mol. The lowest BCUT2D eigenvalue weighted by atomic mass is 9.95. The van der Waals surface area contributed by atoms with E-state index in [0.717, 1.165) is 26.2 Å². The Morgan fingerprint density at radius 1 is 1.69 bits per heavy atom. The third-order valence-electron chi connectivity index (χ3n) is 2.48. The number of hydrazine groups is 1. The molecule has 0 radical (unpaired) electrons. The maximum Gasteiger partial charge on any atom is 0.0636 e. The third kappa shape index (κ3) is 3.60. The molecule has 0 bridgehead atoms. The smallest absolute Gasteiger partial charge is 0.0636 e. The van der Waals surface area contributed by atoms with Crippen LogP contribution in [0.2, 0.25) is 0 Å². The van der Waals surface area contributed by atoms with Crippen LogP contribution in [0.5, 0.6) is 0 Å². The van der Waals surface area contributed by atoms with Crippen molar-refractivity contribution in [2.45, 2.75) is 25.8 Å². The van der Waals surface area contributed by atoms with Gasteiger partial charge in [0.1, 0.15) is 0 Å². The van der Waals surface area contributed by atoms with Gasteiger partial charge in [-0.05, 0) is 19.8 Å². The maximum atomic E-state index is 5.46. The highest BCUT2D eigenvalue weighted by Gasteiger charge is 2.23. The summed E-state index contributed by atoms with van der Waals surface area (Å²) in [5.74, 6) is 5.96. The first-order chi connectivity index (χ1) is 6.38. The van der Waals surface area contributed by atoms with Gasteiger partial charge in [0.15, 0.2) is 0 Å². The second-order valence-corrected chi connectivity index (χ2v) is 3.41. The summed E-state index contributed by atoms with van der Waals surface area (Å²) in [5.41, 5.74) is 2.80. The van der Waals surface area contributed by atoms with Gasteiger partial charge >= 0.3 is 0 Å². The molecule has 0 aromatic rings. The Hall–Kier alpha value is -0.160. The van der Waals surface area contributed by atoms with Crippen molar-refractivity contribution in [3.8, 4) is 0 Å². The molecule has 1 rings (SSSR count). The van der Waals surface area contributed by atoms with Gasteiger partial charge in [-0.1, -0.05) is 0 Å². The Labute approximate surface area is 79.7 Å². The van der Waals surface area contributed by atoms with Gasteiger partial charge in [-0.15, -0.1) is 0 Å². The summed E-state index contributed by atoms with van der Waals surface area (Å²) in [6, 6.07) is 0.236. The van der Waals surface area contributed by atoms with E-state index < -0.39 is 0 Å². The molecule has 4 heteroatoms. The zero-order valence-corrected chi connectivity index (χ0v) is 8.29. The molecule has 1 fully saturated rings. The highest BCUT2D eigenvalue weighted by Crippen LogP contribution is 2.17. The van der Waals surface area contributed by atoms with E-state index in [4.69, 9.17) is 15.3 Å². The first kappa shape index (κ1) is 10.9. The number of nitrogens with one attached hydrogen (secondary N) is 1. The average Bonchev–Trinajstić information content (AvgIpc) is 2.21. The van der Waals surface area contributed by atoms with Crippen molar-refractivity contribution >= 4 is 0 Å². The Kier molecular flexibility index (Phi) is 5.31. The lowest BCUT2D eigenvalue weighted by molar-refractivity contribution is 0.0164. The van der Waals surface area contributed by atoms with Crippen LogP contribution >= 0.6 is 0 Å². The predicted molar refractivity (Wildman–Crippen MR) is 51.1 cm³/mol. The van der Waals surface area contributed by atoms with E-state index in [2.05, 4.69) is 5.43 Å². The summed E-state index contributed by atoms with van der Waals surface area (Å²) in [6.07, 6.45) is 2.32. The standard InChI is InChI=1S/C9H20N2O2/c1-2-12-7-9(11-10)8-4-3-5-13-6-8/h8-9,11H,2-7,10H2,1H3. The van der Waals surface area contributed by atoms with Crippen LogP contribution in [-0.4, -0.2) is 32.5 Å². The zero-order chi connectivity index (χ0) is 9.52. The van der Waals surface area contributed by atoms with Crippen LogP contribution in [0.1, 0.15) is 19.8 Å². The third-order valence-corrected chi connectivity index (χ3v) is 2.48. The van der Waals surface area contributed by atoms with Crippen molar-refractivity contribution < 1.29 is 9.47 Å². The number of rotatable bonds is 5. The topological polar surface area (TPSA) is 56.5 Å². The van der Waals surface area contributed by atoms with Crippen LogP contribution in [0.25, 0.3) is 0 Å². The van der Waals surface area contributed by atoms with E-state index in [-0.39, 0.29) is 6.04 Å². The highest BCUT2D eigenvalue weighted by atomic mass is 16.5. The molecular weight excluding hydrogens is 168 g/mol. The zero-order valence-electron chi connectivity index (χ0n) is 8.29. The molecule has 1 saturated heterocycles. The fourth-order valence-corrected chi connectivity index (χ4v) is 1.65. The quantitative estimate of drug-likeness (QED) is 0.480. The van der Waals surface area contributed by atoms with Gasteiger partial charge in [0, 0.05) is 25.2 Å². The fourth-order valence-electron chi connectivity index (χ4n) is 1.65. The summed E-state index contributed by atoms with van der Waals surface area (Å²) >= 11 is 0. The minimum Gasteiger partial charge on any atom is -0.381 e. The van der Waals surface area contributed by atoms with Crippen LogP contribution in [0.3, 0.4) is 0 Å². The van der Waals surface area contributed by atoms with Gasteiger partial charge in [0.2, 0.25) is 0 Å². The minimum atomic E-state index is 0.236. The fraction of sp³-hybridized carbons (Fsp3) is 1.00. The summed E-state index contributed by atoms with van der Waals surface area (Å²) in [6.45, 7) is 5.11. The van der Waals surface area contributed by atoms with Crippen LogP contribution in [0.4, 0.5) is 0 Å². The molecule has 1 heterocycles. The van der Waals surface area contributed by atoms with Gasteiger partial charge in [-0.25, -0.2) is 0 Å². The summed E-state index contributed by atoms with van der Waals surface area (Å²) in [4.78, 5) is 0. The van der Waals surface area contributed by atoms with Crippen LogP contribution < -0.4 is 11.3 Å². The van der Waals surface area contributed by atoms with E-state index in [0.29, 0.717) is 12.5 Å². The van der Waals surface area contributed by atoms with Crippen LogP contribution in [-0.2, 0) is 9.47 Å². The first-order valence-corrected chi connectivity index (χ1v) is 5.00. The molecule has 2 atom stereocenters. The molecule has 2 unspecified atom stereocenters. The molecule has 0 aromatic carbocycles. The number of ether oxygens (including phenoxy) is 2. The Balaban J connectivity index is 2.26. The molecule has 0 aromatic heterocycles. The van der Waals surface area contributed by atoms with Crippen molar-refractivity contribution in [2.75, 3.05) is 26.4 Å². The molecule has 0 aliphatic carbocycles. The van der Waals surface area contributed by atoms with Crippen molar-refractivity contribution in [1.82, 2.24) is 5.43 Å². The number of hydrogen-bond acceptors (Lipinski definition) is 4. The van der Waals surface area contributed by atoms with Gasteiger partial charge in [-0.3, -0.25) is 11.3 Å².